The van der Waals surface area contributed by atoms with Gasteiger partial charge in [0.2, 0.25) is 0 Å². The van der Waals surface area contributed by atoms with Gasteiger partial charge in [0, 0.05) is 31.9 Å². The summed E-state index contributed by atoms with van der Waals surface area (Å²) in [4.78, 5) is 30.4. The summed E-state index contributed by atoms with van der Waals surface area (Å²) in [5, 5.41) is 2.69. The maximum absolute atomic E-state index is 12.2. The lowest BCUT2D eigenvalue weighted by atomic mass is 10.3. The maximum Gasteiger partial charge on any atom is 0.343 e. The van der Waals surface area contributed by atoms with Gasteiger partial charge in [0.25, 0.3) is 5.56 Å². The van der Waals surface area contributed by atoms with Crippen molar-refractivity contribution >= 4 is 21.5 Å². The van der Waals surface area contributed by atoms with Crippen LogP contribution >= 0.6 is 0 Å². The lowest BCUT2D eigenvalue weighted by Crippen LogP contribution is -2.40. The molecule has 1 aliphatic heterocycles. The number of hydrogen-bond donors (Lipinski definition) is 1. The Bertz CT molecular complexity index is 916. The van der Waals surface area contributed by atoms with Crippen LogP contribution in [0.25, 0.3) is 5.65 Å². The number of carbonyl (C=O) groups is 1. The number of aromatic amines is 1. The third-order valence-electron chi connectivity index (χ3n) is 3.87. The molecule has 9 nitrogen and oxygen atoms in total. The number of ether oxygens (including phenoxy) is 1. The van der Waals surface area contributed by atoms with Crippen LogP contribution in [0, 0.1) is 0 Å². The third-order valence-corrected chi connectivity index (χ3v) is 5.48. The Morgan fingerprint density at radius 2 is 2.08 bits per heavy atom. The minimum atomic E-state index is -2.96. The topological polar surface area (TPSA) is 114 Å². The molecule has 3 rings (SSSR count). The van der Waals surface area contributed by atoms with Crippen molar-refractivity contribution in [3.05, 3.63) is 33.9 Å². The molecule has 0 amide bonds. The largest absolute Gasteiger partial charge is 0.462 e. The fourth-order valence-corrected chi connectivity index (χ4v) is 3.88. The van der Waals surface area contributed by atoms with E-state index < -0.39 is 15.8 Å². The van der Waals surface area contributed by atoms with Gasteiger partial charge in [0.1, 0.15) is 5.56 Å². The number of sulfone groups is 1. The first-order valence-electron chi connectivity index (χ1n) is 7.59. The molecule has 0 aliphatic carbocycles. The van der Waals surface area contributed by atoms with Gasteiger partial charge >= 0.3 is 5.97 Å². The number of H-pyrrole nitrogens is 1. The molecule has 130 valence electrons. The van der Waals surface area contributed by atoms with Gasteiger partial charge in [-0.3, -0.25) is 14.8 Å². The molecule has 0 spiro atoms. The SMILES string of the molecule is CCOC(=O)c1c[nH]n2c(=O)cc(CN3CCS(=O)(=O)CC3)nc12. The highest BCUT2D eigenvalue weighted by atomic mass is 32.2. The quantitative estimate of drug-likeness (QED) is 0.731. The van der Waals surface area contributed by atoms with Crippen molar-refractivity contribution in [1.29, 1.82) is 0 Å². The van der Waals surface area contributed by atoms with E-state index >= 15 is 0 Å². The van der Waals surface area contributed by atoms with E-state index in [1.54, 1.807) is 6.92 Å². The normalized spacial score (nSPS) is 17.9. The van der Waals surface area contributed by atoms with Crippen molar-refractivity contribution in [2.45, 2.75) is 13.5 Å². The number of nitrogens with zero attached hydrogens (tertiary/aromatic N) is 3. The molecule has 2 aromatic heterocycles. The van der Waals surface area contributed by atoms with Crippen molar-refractivity contribution < 1.29 is 17.9 Å². The summed E-state index contributed by atoms with van der Waals surface area (Å²) in [6.45, 7) is 3.09. The van der Waals surface area contributed by atoms with Gasteiger partial charge in [0.05, 0.1) is 23.8 Å². The van der Waals surface area contributed by atoms with Crippen LogP contribution in [-0.4, -0.2) is 65.1 Å². The van der Waals surface area contributed by atoms with Crippen LogP contribution < -0.4 is 5.56 Å². The highest BCUT2D eigenvalue weighted by molar-refractivity contribution is 7.91. The smallest absolute Gasteiger partial charge is 0.343 e. The summed E-state index contributed by atoms with van der Waals surface area (Å²) < 4.78 is 29.1. The lowest BCUT2D eigenvalue weighted by Gasteiger charge is -2.25. The molecule has 0 unspecified atom stereocenters. The molecule has 10 heteroatoms. The minimum absolute atomic E-state index is 0.104. The van der Waals surface area contributed by atoms with Crippen LogP contribution in [-0.2, 0) is 21.1 Å². The number of aromatic nitrogens is 3. The summed E-state index contributed by atoms with van der Waals surface area (Å²) in [5.41, 5.74) is 0.553. The Labute approximate surface area is 138 Å². The molecule has 24 heavy (non-hydrogen) atoms. The summed E-state index contributed by atoms with van der Waals surface area (Å²) in [6, 6.07) is 1.38. The molecule has 1 fully saturated rings. The zero-order chi connectivity index (χ0) is 17.3. The van der Waals surface area contributed by atoms with E-state index in [1.165, 1.54) is 16.8 Å². The molecule has 0 atom stereocenters. The summed E-state index contributed by atoms with van der Waals surface area (Å²) in [7, 11) is -2.96. The monoisotopic (exact) mass is 354 g/mol. The van der Waals surface area contributed by atoms with Gasteiger partial charge in [0.15, 0.2) is 15.5 Å². The second-order valence-corrected chi connectivity index (χ2v) is 7.88. The lowest BCUT2D eigenvalue weighted by molar-refractivity contribution is 0.0528. The van der Waals surface area contributed by atoms with Gasteiger partial charge in [-0.05, 0) is 6.92 Å². The number of hydrogen-bond acceptors (Lipinski definition) is 7. The highest BCUT2D eigenvalue weighted by Gasteiger charge is 2.23. The number of carbonyl (C=O) groups excluding carboxylic acids is 1. The van der Waals surface area contributed by atoms with Crippen LogP contribution in [0.15, 0.2) is 17.1 Å². The number of fused-ring (bicyclic) bond motifs is 1. The summed E-state index contributed by atoms with van der Waals surface area (Å²) >= 11 is 0. The molecule has 1 saturated heterocycles. The first-order chi connectivity index (χ1) is 11.4. The van der Waals surface area contributed by atoms with Crippen LogP contribution in [0.5, 0.6) is 0 Å². The molecular formula is C14H18N4O5S. The van der Waals surface area contributed by atoms with E-state index in [2.05, 4.69) is 10.1 Å². The Balaban J connectivity index is 1.88. The first kappa shape index (κ1) is 16.7. The van der Waals surface area contributed by atoms with Crippen molar-refractivity contribution in [2.24, 2.45) is 0 Å². The Morgan fingerprint density at radius 3 is 2.75 bits per heavy atom. The molecule has 1 N–H and O–H groups in total. The number of nitrogens with one attached hydrogen (secondary N) is 1. The molecule has 3 heterocycles. The van der Waals surface area contributed by atoms with E-state index in [4.69, 9.17) is 4.74 Å². The van der Waals surface area contributed by atoms with Gasteiger partial charge in [-0.15, -0.1) is 0 Å². The van der Waals surface area contributed by atoms with E-state index in [9.17, 15) is 18.0 Å². The maximum atomic E-state index is 12.2. The average molecular weight is 354 g/mol. The Kier molecular flexibility index (Phi) is 4.41. The number of rotatable bonds is 4. The molecule has 2 aromatic rings. The molecule has 0 bridgehead atoms. The zero-order valence-corrected chi connectivity index (χ0v) is 14.0. The molecular weight excluding hydrogens is 336 g/mol. The van der Waals surface area contributed by atoms with Gasteiger partial charge in [-0.25, -0.2) is 22.7 Å². The summed E-state index contributed by atoms with van der Waals surface area (Å²) in [5.74, 6) is -0.344. The van der Waals surface area contributed by atoms with Crippen molar-refractivity contribution in [3.63, 3.8) is 0 Å². The van der Waals surface area contributed by atoms with E-state index in [0.29, 0.717) is 25.3 Å². The molecule has 0 radical (unpaired) electrons. The van der Waals surface area contributed by atoms with Crippen molar-refractivity contribution in [1.82, 2.24) is 19.5 Å². The van der Waals surface area contributed by atoms with Gasteiger partial charge in [-0.1, -0.05) is 0 Å². The number of esters is 1. The first-order valence-corrected chi connectivity index (χ1v) is 9.42. The predicted octanol–water partition coefficient (Wildman–Crippen LogP) is -0.570. The fraction of sp³-hybridized carbons (Fsp3) is 0.500. The van der Waals surface area contributed by atoms with Crippen LogP contribution in [0.3, 0.4) is 0 Å². The molecule has 0 aromatic carbocycles. The molecule has 0 saturated carbocycles. The minimum Gasteiger partial charge on any atom is -0.462 e. The second-order valence-electron chi connectivity index (χ2n) is 5.58. The second kappa shape index (κ2) is 6.36. The van der Waals surface area contributed by atoms with Crippen molar-refractivity contribution in [2.75, 3.05) is 31.2 Å². The highest BCUT2D eigenvalue weighted by Crippen LogP contribution is 2.11. The van der Waals surface area contributed by atoms with Crippen LogP contribution in [0.1, 0.15) is 23.0 Å². The fourth-order valence-electron chi connectivity index (χ4n) is 2.61. The van der Waals surface area contributed by atoms with Gasteiger partial charge in [-0.2, -0.15) is 0 Å². The van der Waals surface area contributed by atoms with Gasteiger partial charge < -0.3 is 4.74 Å². The van der Waals surface area contributed by atoms with Crippen molar-refractivity contribution in [3.8, 4) is 0 Å². The molecule has 1 aliphatic rings. The predicted molar refractivity (Wildman–Crippen MR) is 85.7 cm³/mol. The zero-order valence-electron chi connectivity index (χ0n) is 13.2. The standard InChI is InChI=1S/C14H18N4O5S/c1-2-23-14(20)11-8-15-18-12(19)7-10(16-13(11)18)9-17-3-5-24(21,22)6-4-17/h7-8,15H,2-6,9H2,1H3. The van der Waals surface area contributed by atoms with Crippen LogP contribution in [0.4, 0.5) is 0 Å². The Morgan fingerprint density at radius 1 is 1.38 bits per heavy atom. The van der Waals surface area contributed by atoms with E-state index in [1.807, 2.05) is 4.90 Å². The average Bonchev–Trinajstić information content (AvgIpc) is 2.94. The summed E-state index contributed by atoms with van der Waals surface area (Å²) in [6.07, 6.45) is 1.39. The Hall–Kier alpha value is -2.20. The van der Waals surface area contributed by atoms with E-state index in [0.717, 1.165) is 0 Å². The third kappa shape index (κ3) is 3.34. The van der Waals surface area contributed by atoms with E-state index in [-0.39, 0.29) is 34.9 Å². The van der Waals surface area contributed by atoms with Crippen LogP contribution in [0.2, 0.25) is 0 Å².